The summed E-state index contributed by atoms with van der Waals surface area (Å²) in [6, 6.07) is 7.38. The van der Waals surface area contributed by atoms with Gasteiger partial charge in [0.15, 0.2) is 10.6 Å². The molecule has 0 unspecified atom stereocenters. The Morgan fingerprint density at radius 2 is 2.00 bits per heavy atom. The average molecular weight is 191 g/mol. The number of hydrogen-bond donors (Lipinski definition) is 0. The number of carbonyl (C=O) groups excluding carboxylic acids is 1. The molecule has 0 saturated carbocycles. The predicted molar refractivity (Wildman–Crippen MR) is 52.5 cm³/mol. The van der Waals surface area contributed by atoms with Crippen LogP contribution in [-0.4, -0.2) is 35.2 Å². The van der Waals surface area contributed by atoms with Crippen molar-refractivity contribution < 1.29 is 9.53 Å². The van der Waals surface area contributed by atoms with Gasteiger partial charge in [0.2, 0.25) is 0 Å². The summed E-state index contributed by atoms with van der Waals surface area (Å²) in [4.78, 5) is 12.2. The summed E-state index contributed by atoms with van der Waals surface area (Å²) in [6.07, 6.45) is 0. The minimum Gasteiger partial charge on any atom is -0.443 e. The topological polar surface area (TPSA) is 29.5 Å². The van der Waals surface area contributed by atoms with Crippen LogP contribution in [-0.2, 0) is 0 Å². The molecule has 0 aliphatic heterocycles. The maximum Gasteiger partial charge on any atom is 0.318 e. The van der Waals surface area contributed by atoms with Crippen LogP contribution >= 0.6 is 0 Å². The Balaban J connectivity index is 2.97. The van der Waals surface area contributed by atoms with Crippen LogP contribution in [0.1, 0.15) is 0 Å². The minimum atomic E-state index is -0.380. The first-order chi connectivity index (χ1) is 6.11. The molecule has 0 atom stereocenters. The van der Waals surface area contributed by atoms with E-state index in [-0.39, 0.29) is 4.83 Å². The van der Waals surface area contributed by atoms with Crippen molar-refractivity contribution in [2.24, 2.45) is 0 Å². The van der Waals surface area contributed by atoms with Gasteiger partial charge in [0.05, 0.1) is 5.69 Å². The van der Waals surface area contributed by atoms with Gasteiger partial charge in [0.25, 0.3) is 0 Å². The number of carbonyl (C=O) groups is 1. The molecule has 1 rings (SSSR count). The van der Waals surface area contributed by atoms with Crippen molar-refractivity contribution in [2.75, 3.05) is 19.0 Å². The third-order valence-electron chi connectivity index (χ3n) is 1.56. The van der Waals surface area contributed by atoms with Crippen LogP contribution in [0.25, 0.3) is 0 Å². The normalized spacial score (nSPS) is 9.38. The van der Waals surface area contributed by atoms with Crippen LogP contribution in [0.15, 0.2) is 24.3 Å². The molecule has 0 aromatic heterocycles. The second kappa shape index (κ2) is 4.31. The number of hydrogen-bond acceptors (Lipinski definition) is 3. The first kappa shape index (κ1) is 10.1. The van der Waals surface area contributed by atoms with E-state index in [0.717, 1.165) is 5.69 Å². The molecule has 0 amide bonds. The van der Waals surface area contributed by atoms with E-state index in [9.17, 15) is 4.79 Å². The standard InChI is InChI=1S/C9H10NO2.Al/c1-10(2)8-5-3-4-6-9(8)12-7-11;/h3-6H,1-2H3;. The molecule has 4 heteroatoms. The van der Waals surface area contributed by atoms with Gasteiger partial charge in [0, 0.05) is 14.1 Å². The monoisotopic (exact) mass is 191 g/mol. The van der Waals surface area contributed by atoms with Gasteiger partial charge in [-0.05, 0) is 12.1 Å². The second-order valence-electron chi connectivity index (χ2n) is 2.78. The molecule has 0 N–H and O–H groups in total. The summed E-state index contributed by atoms with van der Waals surface area (Å²) in [5, 5.41) is 0. The fourth-order valence-corrected chi connectivity index (χ4v) is 1.15. The van der Waals surface area contributed by atoms with Crippen molar-refractivity contribution in [2.45, 2.75) is 0 Å². The Bertz CT molecular complexity index is 312. The van der Waals surface area contributed by atoms with E-state index in [0.29, 0.717) is 5.75 Å². The zero-order chi connectivity index (χ0) is 9.84. The van der Waals surface area contributed by atoms with Gasteiger partial charge in [-0.15, -0.1) is 0 Å². The van der Waals surface area contributed by atoms with E-state index < -0.39 is 0 Å². The lowest BCUT2D eigenvalue weighted by atomic mass is 10.3. The summed E-state index contributed by atoms with van der Waals surface area (Å²) in [6.45, 7) is 0. The van der Waals surface area contributed by atoms with E-state index in [4.69, 9.17) is 4.74 Å². The summed E-state index contributed by atoms with van der Waals surface area (Å²) in [5.74, 6) is 0.576. The maximum absolute atomic E-state index is 10.7. The largest absolute Gasteiger partial charge is 0.443 e. The fraction of sp³-hybridized carbons (Fsp3) is 0.222. The molecule has 1 aromatic carbocycles. The molecular formula is C9H10AlNO2. The highest BCUT2D eigenvalue weighted by molar-refractivity contribution is 6.55. The van der Waals surface area contributed by atoms with Crippen LogP contribution in [0, 0.1) is 0 Å². The van der Waals surface area contributed by atoms with Gasteiger partial charge in [-0.2, -0.15) is 0 Å². The number of nitrogens with zero attached hydrogens (tertiary/aromatic N) is 1. The van der Waals surface area contributed by atoms with Crippen LogP contribution in [0.4, 0.5) is 10.5 Å². The zero-order valence-corrected chi connectivity index (χ0v) is 8.81. The highest BCUT2D eigenvalue weighted by Crippen LogP contribution is 2.25. The molecule has 0 fully saturated rings. The van der Waals surface area contributed by atoms with Crippen LogP contribution < -0.4 is 9.64 Å². The Morgan fingerprint density at radius 3 is 2.54 bits per heavy atom. The number of rotatable bonds is 2. The number of benzene rings is 1. The average Bonchev–Trinajstić information content (AvgIpc) is 2.03. The Morgan fingerprint density at radius 1 is 1.38 bits per heavy atom. The number of anilines is 1. The third kappa shape index (κ3) is 2.76. The first-order valence-corrected chi connectivity index (χ1v) is 4.42. The lowest BCUT2D eigenvalue weighted by Gasteiger charge is -2.16. The van der Waals surface area contributed by atoms with Crippen molar-refractivity contribution in [1.82, 2.24) is 0 Å². The Kier molecular flexibility index (Phi) is 3.35. The van der Waals surface area contributed by atoms with Crippen molar-refractivity contribution in [3.05, 3.63) is 24.3 Å². The maximum atomic E-state index is 10.7. The van der Waals surface area contributed by atoms with Crippen molar-refractivity contribution in [1.29, 1.82) is 0 Å². The van der Waals surface area contributed by atoms with E-state index >= 15 is 0 Å². The van der Waals surface area contributed by atoms with Gasteiger partial charge >= 0.3 is 16.3 Å². The lowest BCUT2D eigenvalue weighted by Crippen LogP contribution is -2.12. The SMILES string of the molecule is CN(C)c1ccccc1O[C](=O)[Al]. The molecular weight excluding hydrogens is 181 g/mol. The van der Waals surface area contributed by atoms with Gasteiger partial charge in [0.1, 0.15) is 0 Å². The smallest absolute Gasteiger partial charge is 0.318 e. The molecule has 1 aromatic rings. The van der Waals surface area contributed by atoms with Crippen molar-refractivity contribution >= 4 is 26.8 Å². The Labute approximate surface area is 85.7 Å². The van der Waals surface area contributed by atoms with Crippen LogP contribution in [0.3, 0.4) is 0 Å². The Hall–Kier alpha value is -0.978. The van der Waals surface area contributed by atoms with E-state index in [1.54, 1.807) is 6.07 Å². The highest BCUT2D eigenvalue weighted by Gasteiger charge is 2.05. The summed E-state index contributed by atoms with van der Waals surface area (Å²) in [5.41, 5.74) is 0.887. The summed E-state index contributed by atoms with van der Waals surface area (Å²) >= 11 is 1.98. The molecule has 0 spiro atoms. The van der Waals surface area contributed by atoms with Crippen LogP contribution in [0.2, 0.25) is 0 Å². The summed E-state index contributed by atoms with van der Waals surface area (Å²) in [7, 11) is 3.80. The first-order valence-electron chi connectivity index (χ1n) is 3.85. The van der Waals surface area contributed by atoms with Gasteiger partial charge in [-0.25, -0.2) is 0 Å². The molecule has 0 saturated heterocycles. The van der Waals surface area contributed by atoms with Gasteiger partial charge < -0.3 is 9.64 Å². The number of ether oxygens (including phenoxy) is 1. The van der Waals surface area contributed by atoms with E-state index in [2.05, 4.69) is 0 Å². The van der Waals surface area contributed by atoms with Gasteiger partial charge in [-0.1, -0.05) is 12.1 Å². The van der Waals surface area contributed by atoms with Gasteiger partial charge in [-0.3, -0.25) is 4.79 Å². The molecule has 3 nitrogen and oxygen atoms in total. The van der Waals surface area contributed by atoms with Crippen molar-refractivity contribution in [3.63, 3.8) is 0 Å². The molecule has 0 heterocycles. The van der Waals surface area contributed by atoms with Crippen molar-refractivity contribution in [3.8, 4) is 5.75 Å². The lowest BCUT2D eigenvalue weighted by molar-refractivity contribution is 0.225. The minimum absolute atomic E-state index is 0.380. The molecule has 2 radical (unpaired) electrons. The second-order valence-corrected chi connectivity index (χ2v) is 3.25. The highest BCUT2D eigenvalue weighted by atomic mass is 27.0. The molecule has 0 aliphatic carbocycles. The molecule has 0 aliphatic rings. The van der Waals surface area contributed by atoms with E-state index in [1.807, 2.05) is 53.5 Å². The fourth-order valence-electron chi connectivity index (χ4n) is 1.02. The summed E-state index contributed by atoms with van der Waals surface area (Å²) < 4.78 is 4.99. The third-order valence-corrected chi connectivity index (χ3v) is 1.68. The molecule has 0 bridgehead atoms. The number of para-hydroxylation sites is 2. The van der Waals surface area contributed by atoms with E-state index in [1.165, 1.54) is 0 Å². The quantitative estimate of drug-likeness (QED) is 0.662. The molecule has 13 heavy (non-hydrogen) atoms. The van der Waals surface area contributed by atoms with Crippen LogP contribution in [0.5, 0.6) is 5.75 Å². The zero-order valence-electron chi connectivity index (χ0n) is 7.65. The molecule has 66 valence electrons. The predicted octanol–water partition coefficient (Wildman–Crippen LogP) is 1.42.